The molecule has 1 rings (SSSR count). The Morgan fingerprint density at radius 1 is 1.36 bits per heavy atom. The van der Waals surface area contributed by atoms with Gasteiger partial charge in [-0.3, -0.25) is 4.99 Å². The first kappa shape index (κ1) is 11.1. The molecule has 0 atom stereocenters. The molecular formula is C11H14ClNO. The van der Waals surface area contributed by atoms with Gasteiger partial charge in [0.1, 0.15) is 5.75 Å². The minimum absolute atomic E-state index is 0.144. The zero-order chi connectivity index (χ0) is 10.8. The quantitative estimate of drug-likeness (QED) is 0.711. The lowest BCUT2D eigenvalue weighted by molar-refractivity contribution is 0.474. The Morgan fingerprint density at radius 2 is 2.00 bits per heavy atom. The maximum Gasteiger partial charge on any atom is 0.124 e. The van der Waals surface area contributed by atoms with Crippen molar-refractivity contribution in [2.75, 3.05) is 0 Å². The summed E-state index contributed by atoms with van der Waals surface area (Å²) in [4.78, 5) is 4.29. The molecule has 0 aliphatic rings. The van der Waals surface area contributed by atoms with E-state index in [1.165, 1.54) is 0 Å². The molecule has 0 bridgehead atoms. The van der Waals surface area contributed by atoms with E-state index in [0.717, 1.165) is 0 Å². The van der Waals surface area contributed by atoms with E-state index >= 15 is 0 Å². The highest BCUT2D eigenvalue weighted by molar-refractivity contribution is 6.30. The third kappa shape index (κ3) is 3.38. The van der Waals surface area contributed by atoms with E-state index in [4.69, 9.17) is 11.6 Å². The van der Waals surface area contributed by atoms with Gasteiger partial charge in [-0.15, -0.1) is 0 Å². The molecule has 0 saturated heterocycles. The summed E-state index contributed by atoms with van der Waals surface area (Å²) in [5.41, 5.74) is 0.502. The van der Waals surface area contributed by atoms with Crippen LogP contribution >= 0.6 is 11.6 Å². The lowest BCUT2D eigenvalue weighted by atomic mass is 10.1. The van der Waals surface area contributed by atoms with Gasteiger partial charge in [-0.1, -0.05) is 11.6 Å². The molecule has 14 heavy (non-hydrogen) atoms. The number of hydrogen-bond donors (Lipinski definition) is 1. The predicted octanol–water partition coefficient (Wildman–Crippen LogP) is 3.26. The third-order valence-corrected chi connectivity index (χ3v) is 1.82. The first-order valence-corrected chi connectivity index (χ1v) is 4.80. The van der Waals surface area contributed by atoms with Gasteiger partial charge < -0.3 is 5.11 Å². The van der Waals surface area contributed by atoms with Crippen LogP contribution in [0.2, 0.25) is 5.02 Å². The van der Waals surface area contributed by atoms with Crippen molar-refractivity contribution >= 4 is 17.8 Å². The van der Waals surface area contributed by atoms with Gasteiger partial charge in [0.15, 0.2) is 0 Å². The molecule has 2 nitrogen and oxygen atoms in total. The molecule has 0 aliphatic carbocycles. The maximum atomic E-state index is 9.48. The van der Waals surface area contributed by atoms with Crippen LogP contribution in [-0.2, 0) is 0 Å². The van der Waals surface area contributed by atoms with Gasteiger partial charge in [0, 0.05) is 16.8 Å². The minimum Gasteiger partial charge on any atom is -0.507 e. The fourth-order valence-electron chi connectivity index (χ4n) is 0.892. The SMILES string of the molecule is CC(C)(C)N=Cc1cc(Cl)ccc1O. The summed E-state index contributed by atoms with van der Waals surface area (Å²) in [6, 6.07) is 4.89. The Labute approximate surface area is 89.2 Å². The molecule has 0 saturated carbocycles. The summed E-state index contributed by atoms with van der Waals surface area (Å²) in [7, 11) is 0. The number of phenols is 1. The molecule has 1 aromatic rings. The van der Waals surface area contributed by atoms with Crippen LogP contribution in [0.1, 0.15) is 26.3 Å². The number of benzene rings is 1. The molecule has 0 aromatic heterocycles. The molecule has 0 spiro atoms. The van der Waals surface area contributed by atoms with E-state index in [0.29, 0.717) is 10.6 Å². The number of aliphatic imine (C=N–C) groups is 1. The van der Waals surface area contributed by atoms with Crippen molar-refractivity contribution in [1.82, 2.24) is 0 Å². The fourth-order valence-corrected chi connectivity index (χ4v) is 1.07. The highest BCUT2D eigenvalue weighted by atomic mass is 35.5. The lowest BCUT2D eigenvalue weighted by Crippen LogP contribution is -2.09. The van der Waals surface area contributed by atoms with E-state index in [2.05, 4.69) is 4.99 Å². The summed E-state index contributed by atoms with van der Waals surface area (Å²) in [6.07, 6.45) is 1.64. The predicted molar refractivity (Wildman–Crippen MR) is 60.5 cm³/mol. The van der Waals surface area contributed by atoms with Gasteiger partial charge in [-0.2, -0.15) is 0 Å². The van der Waals surface area contributed by atoms with Crippen molar-refractivity contribution in [1.29, 1.82) is 0 Å². The van der Waals surface area contributed by atoms with Gasteiger partial charge in [-0.05, 0) is 39.0 Å². The lowest BCUT2D eigenvalue weighted by Gasteiger charge is -2.11. The number of nitrogens with zero attached hydrogens (tertiary/aromatic N) is 1. The first-order chi connectivity index (χ1) is 6.38. The smallest absolute Gasteiger partial charge is 0.124 e. The van der Waals surface area contributed by atoms with Gasteiger partial charge >= 0.3 is 0 Å². The van der Waals surface area contributed by atoms with Gasteiger partial charge in [0.2, 0.25) is 0 Å². The van der Waals surface area contributed by atoms with Crippen molar-refractivity contribution in [2.24, 2.45) is 4.99 Å². The van der Waals surface area contributed by atoms with E-state index in [-0.39, 0.29) is 11.3 Å². The Kier molecular flexibility index (Phi) is 3.17. The Morgan fingerprint density at radius 3 is 2.57 bits per heavy atom. The van der Waals surface area contributed by atoms with Crippen LogP contribution in [0.3, 0.4) is 0 Å². The molecule has 1 aromatic carbocycles. The second kappa shape index (κ2) is 4.01. The molecule has 0 aliphatic heterocycles. The Balaban J connectivity index is 2.97. The fraction of sp³-hybridized carbons (Fsp3) is 0.364. The number of aromatic hydroxyl groups is 1. The number of phenolic OH excluding ortho intramolecular Hbond substituents is 1. The zero-order valence-electron chi connectivity index (χ0n) is 8.58. The summed E-state index contributed by atoms with van der Waals surface area (Å²) in [5, 5.41) is 10.1. The van der Waals surface area contributed by atoms with E-state index < -0.39 is 0 Å². The van der Waals surface area contributed by atoms with Crippen molar-refractivity contribution < 1.29 is 5.11 Å². The summed E-state index contributed by atoms with van der Waals surface area (Å²) in [5.74, 6) is 0.197. The van der Waals surface area contributed by atoms with Crippen LogP contribution < -0.4 is 0 Å². The number of halogens is 1. The van der Waals surface area contributed by atoms with Gasteiger partial charge in [0.05, 0.1) is 5.54 Å². The van der Waals surface area contributed by atoms with Crippen LogP contribution in [0.4, 0.5) is 0 Å². The summed E-state index contributed by atoms with van der Waals surface area (Å²) >= 11 is 5.79. The molecule has 3 heteroatoms. The summed E-state index contributed by atoms with van der Waals surface area (Å²) in [6.45, 7) is 5.97. The number of rotatable bonds is 1. The molecule has 0 fully saturated rings. The Hall–Kier alpha value is -1.02. The van der Waals surface area contributed by atoms with Crippen LogP contribution in [-0.4, -0.2) is 16.9 Å². The van der Waals surface area contributed by atoms with Crippen LogP contribution in [0.25, 0.3) is 0 Å². The topological polar surface area (TPSA) is 32.6 Å². The second-order valence-corrected chi connectivity index (χ2v) is 4.57. The normalized spacial score (nSPS) is 12.3. The third-order valence-electron chi connectivity index (χ3n) is 1.58. The van der Waals surface area contributed by atoms with Crippen LogP contribution in [0.15, 0.2) is 23.2 Å². The largest absolute Gasteiger partial charge is 0.507 e. The standard InChI is InChI=1S/C11H14ClNO/c1-11(2,3)13-7-8-6-9(12)4-5-10(8)14/h4-7,14H,1-3H3. The molecule has 76 valence electrons. The summed E-state index contributed by atoms with van der Waals surface area (Å²) < 4.78 is 0. The molecule has 0 unspecified atom stereocenters. The van der Waals surface area contributed by atoms with Crippen molar-refractivity contribution in [3.05, 3.63) is 28.8 Å². The number of hydrogen-bond acceptors (Lipinski definition) is 2. The van der Waals surface area contributed by atoms with Crippen molar-refractivity contribution in [3.8, 4) is 5.75 Å². The van der Waals surface area contributed by atoms with E-state index in [1.807, 2.05) is 20.8 Å². The van der Waals surface area contributed by atoms with Crippen molar-refractivity contribution in [2.45, 2.75) is 26.3 Å². The van der Waals surface area contributed by atoms with Crippen LogP contribution in [0.5, 0.6) is 5.75 Å². The monoisotopic (exact) mass is 211 g/mol. The van der Waals surface area contributed by atoms with Gasteiger partial charge in [0.25, 0.3) is 0 Å². The highest BCUT2D eigenvalue weighted by Gasteiger charge is 2.06. The van der Waals surface area contributed by atoms with E-state index in [1.54, 1.807) is 24.4 Å². The minimum atomic E-state index is -0.144. The zero-order valence-corrected chi connectivity index (χ0v) is 9.34. The maximum absolute atomic E-state index is 9.48. The molecule has 0 radical (unpaired) electrons. The average molecular weight is 212 g/mol. The molecule has 0 heterocycles. The first-order valence-electron chi connectivity index (χ1n) is 4.42. The Bertz CT molecular complexity index is 353. The van der Waals surface area contributed by atoms with Crippen molar-refractivity contribution in [3.63, 3.8) is 0 Å². The molecular weight excluding hydrogens is 198 g/mol. The van der Waals surface area contributed by atoms with Crippen LogP contribution in [0, 0.1) is 0 Å². The average Bonchev–Trinajstić information content (AvgIpc) is 2.05. The van der Waals surface area contributed by atoms with Gasteiger partial charge in [-0.25, -0.2) is 0 Å². The van der Waals surface area contributed by atoms with E-state index in [9.17, 15) is 5.11 Å². The highest BCUT2D eigenvalue weighted by Crippen LogP contribution is 2.20. The second-order valence-electron chi connectivity index (χ2n) is 4.13. The molecule has 1 N–H and O–H groups in total. The molecule has 0 amide bonds.